The summed E-state index contributed by atoms with van der Waals surface area (Å²) in [7, 11) is 0. The van der Waals surface area contributed by atoms with Crippen LogP contribution in [0.2, 0.25) is 0 Å². The molecule has 0 atom stereocenters. The van der Waals surface area contributed by atoms with E-state index in [1.165, 1.54) is 0 Å². The molecule has 0 saturated heterocycles. The average Bonchev–Trinajstić information content (AvgIpc) is 2.89. The van der Waals surface area contributed by atoms with Crippen LogP contribution in [0, 0.1) is 0 Å². The molecule has 0 unspecified atom stereocenters. The molecule has 4 nitrogen and oxygen atoms in total. The zero-order valence-electron chi connectivity index (χ0n) is 11.2. The molecule has 104 valence electrons. The van der Waals surface area contributed by atoms with E-state index in [-0.39, 0.29) is 11.4 Å². The molecule has 1 saturated carbocycles. The minimum Gasteiger partial charge on any atom is -0.493 e. The molecule has 3 N–H and O–H groups in total. The summed E-state index contributed by atoms with van der Waals surface area (Å²) >= 11 is 0. The maximum Gasteiger partial charge on any atom is 0.223 e. The van der Waals surface area contributed by atoms with Gasteiger partial charge in [0.2, 0.25) is 5.91 Å². The lowest BCUT2D eigenvalue weighted by atomic mass is 9.98. The third kappa shape index (κ3) is 3.96. The van der Waals surface area contributed by atoms with Gasteiger partial charge >= 0.3 is 0 Å². The van der Waals surface area contributed by atoms with Crippen LogP contribution in [0.15, 0.2) is 30.3 Å². The fourth-order valence-electron chi connectivity index (χ4n) is 2.57. The van der Waals surface area contributed by atoms with E-state index >= 15 is 0 Å². The third-order valence-corrected chi connectivity index (χ3v) is 3.70. The monoisotopic (exact) mass is 262 g/mol. The predicted molar refractivity (Wildman–Crippen MR) is 75.0 cm³/mol. The van der Waals surface area contributed by atoms with Gasteiger partial charge in [0, 0.05) is 6.54 Å². The van der Waals surface area contributed by atoms with Crippen molar-refractivity contribution >= 4 is 5.91 Å². The standard InChI is InChI=1S/C15H22N2O2/c16-12-15(9-4-5-10-15)17-14(18)8-11-19-13-6-2-1-3-7-13/h1-3,6-7H,4-5,8-12,16H2,(H,17,18). The highest BCUT2D eigenvalue weighted by molar-refractivity contribution is 5.77. The first-order valence-corrected chi connectivity index (χ1v) is 6.93. The van der Waals surface area contributed by atoms with Crippen molar-refractivity contribution in [3.63, 3.8) is 0 Å². The van der Waals surface area contributed by atoms with Gasteiger partial charge in [-0.15, -0.1) is 0 Å². The van der Waals surface area contributed by atoms with Crippen molar-refractivity contribution in [1.29, 1.82) is 0 Å². The van der Waals surface area contributed by atoms with Gasteiger partial charge in [0.1, 0.15) is 5.75 Å². The molecule has 1 aromatic rings. The largest absolute Gasteiger partial charge is 0.493 e. The first-order valence-electron chi connectivity index (χ1n) is 6.93. The Morgan fingerprint density at radius 1 is 1.26 bits per heavy atom. The molecule has 4 heteroatoms. The number of amides is 1. The van der Waals surface area contributed by atoms with Crippen LogP contribution in [-0.2, 0) is 4.79 Å². The molecular formula is C15H22N2O2. The fourth-order valence-corrected chi connectivity index (χ4v) is 2.57. The van der Waals surface area contributed by atoms with E-state index in [4.69, 9.17) is 10.5 Å². The van der Waals surface area contributed by atoms with E-state index in [1.54, 1.807) is 0 Å². The molecule has 0 aliphatic heterocycles. The normalized spacial score (nSPS) is 17.1. The van der Waals surface area contributed by atoms with Gasteiger partial charge in [-0.1, -0.05) is 31.0 Å². The number of nitrogens with one attached hydrogen (secondary N) is 1. The van der Waals surface area contributed by atoms with Gasteiger partial charge in [-0.2, -0.15) is 0 Å². The molecule has 2 rings (SSSR count). The lowest BCUT2D eigenvalue weighted by Gasteiger charge is -2.28. The zero-order valence-corrected chi connectivity index (χ0v) is 11.2. The number of carbonyl (C=O) groups excluding carboxylic acids is 1. The molecule has 0 heterocycles. The smallest absolute Gasteiger partial charge is 0.223 e. The van der Waals surface area contributed by atoms with Crippen LogP contribution in [0.1, 0.15) is 32.1 Å². The summed E-state index contributed by atoms with van der Waals surface area (Å²) in [6, 6.07) is 9.53. The molecular weight excluding hydrogens is 240 g/mol. The van der Waals surface area contributed by atoms with Gasteiger partial charge < -0.3 is 15.8 Å². The number of carbonyl (C=O) groups is 1. The van der Waals surface area contributed by atoms with Crippen molar-refractivity contribution in [1.82, 2.24) is 5.32 Å². The van der Waals surface area contributed by atoms with E-state index in [9.17, 15) is 4.79 Å². The van der Waals surface area contributed by atoms with Gasteiger partial charge in [0.25, 0.3) is 0 Å². The molecule has 1 aliphatic carbocycles. The van der Waals surface area contributed by atoms with Gasteiger partial charge in [-0.05, 0) is 25.0 Å². The maximum absolute atomic E-state index is 11.9. The van der Waals surface area contributed by atoms with Crippen molar-refractivity contribution in [2.75, 3.05) is 13.2 Å². The Hall–Kier alpha value is -1.55. The number of nitrogens with two attached hydrogens (primary N) is 1. The maximum atomic E-state index is 11.9. The zero-order chi connectivity index (χ0) is 13.6. The van der Waals surface area contributed by atoms with Crippen LogP contribution in [0.4, 0.5) is 0 Å². The second-order valence-electron chi connectivity index (χ2n) is 5.15. The van der Waals surface area contributed by atoms with E-state index in [0.29, 0.717) is 19.6 Å². The summed E-state index contributed by atoms with van der Waals surface area (Å²) in [6.45, 7) is 0.925. The topological polar surface area (TPSA) is 64.3 Å². The lowest BCUT2D eigenvalue weighted by Crippen LogP contribution is -2.51. The average molecular weight is 262 g/mol. The fraction of sp³-hybridized carbons (Fsp3) is 0.533. The summed E-state index contributed by atoms with van der Waals surface area (Å²) in [4.78, 5) is 11.9. The summed E-state index contributed by atoms with van der Waals surface area (Å²) in [5, 5.41) is 3.08. The SMILES string of the molecule is NCC1(NC(=O)CCOc2ccccc2)CCCC1. The highest BCUT2D eigenvalue weighted by Crippen LogP contribution is 2.28. The number of hydrogen-bond donors (Lipinski definition) is 2. The first kappa shape index (κ1) is 13.9. The predicted octanol–water partition coefficient (Wildman–Crippen LogP) is 1.84. The lowest BCUT2D eigenvalue weighted by molar-refractivity contribution is -0.123. The minimum absolute atomic E-state index is 0.0308. The summed E-state index contributed by atoms with van der Waals surface area (Å²) in [5.74, 6) is 0.827. The van der Waals surface area contributed by atoms with Crippen LogP contribution >= 0.6 is 0 Å². The molecule has 0 spiro atoms. The third-order valence-electron chi connectivity index (χ3n) is 3.70. The molecule has 19 heavy (non-hydrogen) atoms. The first-order chi connectivity index (χ1) is 9.24. The van der Waals surface area contributed by atoms with Gasteiger partial charge in [-0.3, -0.25) is 4.79 Å². The van der Waals surface area contributed by atoms with Crippen LogP contribution in [0.3, 0.4) is 0 Å². The van der Waals surface area contributed by atoms with Crippen molar-refractivity contribution in [3.05, 3.63) is 30.3 Å². The summed E-state index contributed by atoms with van der Waals surface area (Å²) in [6.07, 6.45) is 4.66. The van der Waals surface area contributed by atoms with E-state index in [0.717, 1.165) is 31.4 Å². The van der Waals surface area contributed by atoms with E-state index < -0.39 is 0 Å². The van der Waals surface area contributed by atoms with Crippen LogP contribution < -0.4 is 15.8 Å². The summed E-state index contributed by atoms with van der Waals surface area (Å²) < 4.78 is 5.52. The van der Waals surface area contributed by atoms with Gasteiger partial charge in [-0.25, -0.2) is 0 Å². The van der Waals surface area contributed by atoms with Crippen molar-refractivity contribution in [2.24, 2.45) is 5.73 Å². The molecule has 0 aromatic heterocycles. The van der Waals surface area contributed by atoms with Crippen LogP contribution in [-0.4, -0.2) is 24.6 Å². The summed E-state index contributed by atoms with van der Waals surface area (Å²) in [5.41, 5.74) is 5.63. The molecule has 1 aliphatic rings. The molecule has 1 aromatic carbocycles. The number of rotatable bonds is 6. The molecule has 1 amide bonds. The molecule has 0 bridgehead atoms. The number of benzene rings is 1. The Bertz CT molecular complexity index is 400. The number of hydrogen-bond acceptors (Lipinski definition) is 3. The second-order valence-corrected chi connectivity index (χ2v) is 5.15. The van der Waals surface area contributed by atoms with Crippen LogP contribution in [0.25, 0.3) is 0 Å². The van der Waals surface area contributed by atoms with Crippen molar-refractivity contribution in [3.8, 4) is 5.75 Å². The Morgan fingerprint density at radius 2 is 1.95 bits per heavy atom. The quantitative estimate of drug-likeness (QED) is 0.822. The highest BCUT2D eigenvalue weighted by Gasteiger charge is 2.33. The van der Waals surface area contributed by atoms with Crippen LogP contribution in [0.5, 0.6) is 5.75 Å². The number of ether oxygens (including phenoxy) is 1. The minimum atomic E-state index is -0.163. The second kappa shape index (κ2) is 6.57. The molecule has 0 radical (unpaired) electrons. The van der Waals surface area contributed by atoms with Gasteiger partial charge in [0.15, 0.2) is 0 Å². The number of para-hydroxylation sites is 1. The Balaban J connectivity index is 1.73. The Labute approximate surface area is 114 Å². The van der Waals surface area contributed by atoms with Gasteiger partial charge in [0.05, 0.1) is 18.6 Å². The Kier molecular flexibility index (Phi) is 4.80. The van der Waals surface area contributed by atoms with Crippen molar-refractivity contribution in [2.45, 2.75) is 37.6 Å². The van der Waals surface area contributed by atoms with E-state index in [1.807, 2.05) is 30.3 Å². The van der Waals surface area contributed by atoms with E-state index in [2.05, 4.69) is 5.32 Å². The highest BCUT2D eigenvalue weighted by atomic mass is 16.5. The molecule has 1 fully saturated rings. The Morgan fingerprint density at radius 3 is 2.58 bits per heavy atom. The van der Waals surface area contributed by atoms with Crippen molar-refractivity contribution < 1.29 is 9.53 Å².